The third-order valence-corrected chi connectivity index (χ3v) is 4.57. The molecule has 0 radical (unpaired) electrons. The lowest BCUT2D eigenvalue weighted by Crippen LogP contribution is -2.19. The first-order valence-corrected chi connectivity index (χ1v) is 8.66. The van der Waals surface area contributed by atoms with Crippen LogP contribution in [-0.2, 0) is 10.0 Å². The number of sulfonamides is 1. The zero-order chi connectivity index (χ0) is 17.7. The third-order valence-electron chi connectivity index (χ3n) is 3.08. The van der Waals surface area contributed by atoms with E-state index in [0.29, 0.717) is 17.2 Å². The maximum absolute atomic E-state index is 12.5. The Morgan fingerprint density at radius 2 is 1.75 bits per heavy atom. The minimum Gasteiger partial charge on any atom is -0.497 e. The average Bonchev–Trinajstić information content (AvgIpc) is 2.54. The smallest absolute Gasteiger partial charge is 0.262 e. The van der Waals surface area contributed by atoms with Crippen LogP contribution in [0.15, 0.2) is 47.4 Å². The fourth-order valence-corrected chi connectivity index (χ4v) is 3.14. The number of benzene rings is 2. The van der Waals surface area contributed by atoms with Gasteiger partial charge in [0.2, 0.25) is 0 Å². The fourth-order valence-electron chi connectivity index (χ4n) is 1.96. The average molecular weight is 367 g/mol. The molecule has 4 N–H and O–H groups in total. The molecule has 24 heavy (non-hydrogen) atoms. The van der Waals surface area contributed by atoms with Crippen LogP contribution >= 0.6 is 12.2 Å². The van der Waals surface area contributed by atoms with Gasteiger partial charge in [-0.2, -0.15) is 0 Å². The molecule has 2 aromatic rings. The summed E-state index contributed by atoms with van der Waals surface area (Å²) < 4.78 is 37.8. The molecule has 2 aromatic carbocycles. The molecule has 9 heteroatoms. The van der Waals surface area contributed by atoms with Gasteiger partial charge in [0.25, 0.3) is 10.0 Å². The van der Waals surface area contributed by atoms with E-state index < -0.39 is 10.0 Å². The lowest BCUT2D eigenvalue weighted by Gasteiger charge is -2.13. The summed E-state index contributed by atoms with van der Waals surface area (Å²) in [6, 6.07) is 10.8. The second kappa shape index (κ2) is 7.37. The van der Waals surface area contributed by atoms with Crippen molar-refractivity contribution in [2.45, 2.75) is 4.90 Å². The summed E-state index contributed by atoms with van der Waals surface area (Å²) in [6.45, 7) is 0. The first-order chi connectivity index (χ1) is 11.4. The summed E-state index contributed by atoms with van der Waals surface area (Å²) in [5.41, 5.74) is 6.25. The third kappa shape index (κ3) is 4.27. The van der Waals surface area contributed by atoms with E-state index >= 15 is 0 Å². The van der Waals surface area contributed by atoms with Crippen molar-refractivity contribution in [1.82, 2.24) is 0 Å². The molecule has 0 bridgehead atoms. The van der Waals surface area contributed by atoms with E-state index in [1.54, 1.807) is 30.3 Å². The van der Waals surface area contributed by atoms with Crippen molar-refractivity contribution in [3.8, 4) is 11.5 Å². The number of rotatable bonds is 6. The lowest BCUT2D eigenvalue weighted by atomic mass is 10.3. The Hall–Kier alpha value is -2.52. The van der Waals surface area contributed by atoms with Crippen LogP contribution < -0.4 is 25.2 Å². The van der Waals surface area contributed by atoms with Crippen molar-refractivity contribution in [1.29, 1.82) is 0 Å². The van der Waals surface area contributed by atoms with Crippen LogP contribution in [0.5, 0.6) is 11.5 Å². The molecular weight excluding hydrogens is 350 g/mol. The Bertz CT molecular complexity index is 836. The topological polar surface area (TPSA) is 103 Å². The summed E-state index contributed by atoms with van der Waals surface area (Å²) in [4.78, 5) is 0.0841. The van der Waals surface area contributed by atoms with Gasteiger partial charge in [0.15, 0.2) is 5.11 Å². The van der Waals surface area contributed by atoms with Crippen LogP contribution in [0.4, 0.5) is 11.4 Å². The Morgan fingerprint density at radius 1 is 1.08 bits per heavy atom. The van der Waals surface area contributed by atoms with E-state index in [0.717, 1.165) is 0 Å². The molecule has 0 fully saturated rings. The molecule has 0 saturated heterocycles. The maximum atomic E-state index is 12.5. The summed E-state index contributed by atoms with van der Waals surface area (Å²) in [6.07, 6.45) is 0. The molecule has 2 rings (SSSR count). The highest BCUT2D eigenvalue weighted by Gasteiger charge is 2.17. The Balaban J connectivity index is 2.29. The SMILES string of the molecule is COc1ccc(OC)c(NS(=O)(=O)c2ccc(NC(N)=S)cc2)c1. The van der Waals surface area contributed by atoms with Gasteiger partial charge >= 0.3 is 0 Å². The molecule has 7 nitrogen and oxygen atoms in total. The van der Waals surface area contributed by atoms with E-state index in [4.69, 9.17) is 27.4 Å². The molecule has 0 aliphatic heterocycles. The van der Waals surface area contributed by atoms with E-state index in [2.05, 4.69) is 10.0 Å². The van der Waals surface area contributed by atoms with Crippen LogP contribution in [0.2, 0.25) is 0 Å². The number of nitrogens with one attached hydrogen (secondary N) is 2. The highest BCUT2D eigenvalue weighted by Crippen LogP contribution is 2.31. The molecule has 0 heterocycles. The van der Waals surface area contributed by atoms with Crippen molar-refractivity contribution in [3.05, 3.63) is 42.5 Å². The first-order valence-electron chi connectivity index (χ1n) is 6.77. The molecule has 0 aliphatic rings. The van der Waals surface area contributed by atoms with Gasteiger partial charge in [-0.25, -0.2) is 8.42 Å². The van der Waals surface area contributed by atoms with Crippen molar-refractivity contribution >= 4 is 38.7 Å². The predicted molar refractivity (Wildman–Crippen MR) is 97.2 cm³/mol. The van der Waals surface area contributed by atoms with Crippen LogP contribution in [0, 0.1) is 0 Å². The number of methoxy groups -OCH3 is 2. The highest BCUT2D eigenvalue weighted by atomic mass is 32.2. The Labute approximate surface area is 145 Å². The molecule has 0 aromatic heterocycles. The number of hydrogen-bond acceptors (Lipinski definition) is 5. The Morgan fingerprint density at radius 3 is 2.29 bits per heavy atom. The number of anilines is 2. The molecule has 0 saturated carbocycles. The normalized spacial score (nSPS) is 10.8. The monoisotopic (exact) mass is 367 g/mol. The van der Waals surface area contributed by atoms with Gasteiger partial charge < -0.3 is 20.5 Å². The first kappa shape index (κ1) is 17.8. The summed E-state index contributed by atoms with van der Waals surface area (Å²) >= 11 is 4.73. The highest BCUT2D eigenvalue weighted by molar-refractivity contribution is 7.92. The number of thiocarbonyl (C=S) groups is 1. The molecule has 0 atom stereocenters. The van der Waals surface area contributed by atoms with E-state index in [1.807, 2.05) is 0 Å². The quantitative estimate of drug-likeness (QED) is 0.672. The second-order valence-corrected chi connectivity index (χ2v) is 6.81. The fraction of sp³-hybridized carbons (Fsp3) is 0.133. The number of ether oxygens (including phenoxy) is 2. The summed E-state index contributed by atoms with van der Waals surface area (Å²) in [5, 5.41) is 2.83. The van der Waals surface area contributed by atoms with Crippen molar-refractivity contribution in [2.75, 3.05) is 24.3 Å². The summed E-state index contributed by atoms with van der Waals surface area (Å²) in [7, 11) is -0.846. The van der Waals surface area contributed by atoms with Gasteiger partial charge in [-0.15, -0.1) is 0 Å². The van der Waals surface area contributed by atoms with E-state index in [-0.39, 0.29) is 15.7 Å². The zero-order valence-corrected chi connectivity index (χ0v) is 14.7. The second-order valence-electron chi connectivity index (χ2n) is 4.69. The van der Waals surface area contributed by atoms with Gasteiger partial charge in [-0.05, 0) is 48.6 Å². The van der Waals surface area contributed by atoms with Crippen molar-refractivity contribution < 1.29 is 17.9 Å². The van der Waals surface area contributed by atoms with Crippen molar-refractivity contribution in [2.24, 2.45) is 5.73 Å². The molecule has 0 spiro atoms. The van der Waals surface area contributed by atoms with E-state index in [9.17, 15) is 8.42 Å². The minimum atomic E-state index is -3.79. The van der Waals surface area contributed by atoms with Crippen LogP contribution in [-0.4, -0.2) is 27.7 Å². The van der Waals surface area contributed by atoms with Crippen LogP contribution in [0.3, 0.4) is 0 Å². The van der Waals surface area contributed by atoms with Crippen LogP contribution in [0.25, 0.3) is 0 Å². The van der Waals surface area contributed by atoms with Crippen LogP contribution in [0.1, 0.15) is 0 Å². The standard InChI is InChI=1S/C15H17N3O4S2/c1-21-11-5-8-14(22-2)13(9-11)18-24(19,20)12-6-3-10(4-7-12)17-15(16)23/h3-9,18H,1-2H3,(H3,16,17,23). The summed E-state index contributed by atoms with van der Waals surface area (Å²) in [5.74, 6) is 0.885. The predicted octanol–water partition coefficient (Wildman–Crippen LogP) is 2.16. The van der Waals surface area contributed by atoms with E-state index in [1.165, 1.54) is 26.4 Å². The Kier molecular flexibility index (Phi) is 5.47. The van der Waals surface area contributed by atoms with Gasteiger partial charge in [-0.1, -0.05) is 0 Å². The molecule has 0 amide bonds. The minimum absolute atomic E-state index is 0.0841. The molecule has 128 valence electrons. The molecular formula is C15H17N3O4S2. The zero-order valence-electron chi connectivity index (χ0n) is 13.1. The molecule has 0 unspecified atom stereocenters. The molecule has 0 aliphatic carbocycles. The van der Waals surface area contributed by atoms with Crippen molar-refractivity contribution in [3.63, 3.8) is 0 Å². The van der Waals surface area contributed by atoms with Gasteiger partial charge in [0, 0.05) is 11.8 Å². The van der Waals surface area contributed by atoms with Gasteiger partial charge in [0.1, 0.15) is 11.5 Å². The number of hydrogen-bond donors (Lipinski definition) is 3. The lowest BCUT2D eigenvalue weighted by molar-refractivity contribution is 0.405. The van der Waals surface area contributed by atoms with Gasteiger partial charge in [0.05, 0.1) is 24.8 Å². The number of nitrogens with two attached hydrogens (primary N) is 1. The van der Waals surface area contributed by atoms with Gasteiger partial charge in [-0.3, -0.25) is 4.72 Å². The largest absolute Gasteiger partial charge is 0.497 e. The maximum Gasteiger partial charge on any atom is 0.262 e.